The molecule has 1 N–H and O–H groups in total. The van der Waals surface area contributed by atoms with Gasteiger partial charge in [-0.2, -0.15) is 0 Å². The van der Waals surface area contributed by atoms with Crippen molar-refractivity contribution in [3.05, 3.63) is 44.2 Å². The van der Waals surface area contributed by atoms with Crippen LogP contribution in [0, 0.1) is 13.8 Å². The van der Waals surface area contributed by atoms with E-state index in [1.165, 1.54) is 0 Å². The van der Waals surface area contributed by atoms with Gasteiger partial charge in [-0.3, -0.25) is 4.98 Å². The average molecular weight is 191 g/mol. The minimum absolute atomic E-state index is 0.419. The summed E-state index contributed by atoms with van der Waals surface area (Å²) < 4.78 is 4.43. The van der Waals surface area contributed by atoms with Gasteiger partial charge in [0, 0.05) is 0 Å². The van der Waals surface area contributed by atoms with Gasteiger partial charge >= 0.3 is 11.4 Å². The summed E-state index contributed by atoms with van der Waals surface area (Å²) in [6.45, 7) is 3.72. The Kier molecular flexibility index (Phi) is 1.77. The predicted molar refractivity (Wildman–Crippen MR) is 52.6 cm³/mol. The highest BCUT2D eigenvalue weighted by atomic mass is 16.4. The summed E-state index contributed by atoms with van der Waals surface area (Å²) in [6.07, 6.45) is 0. The van der Waals surface area contributed by atoms with Gasteiger partial charge in [0.2, 0.25) is 0 Å². The van der Waals surface area contributed by atoms with Crippen molar-refractivity contribution < 1.29 is 4.42 Å². The maximum atomic E-state index is 11.3. The molecular weight excluding hydrogens is 182 g/mol. The monoisotopic (exact) mass is 191 g/mol. The van der Waals surface area contributed by atoms with Crippen molar-refractivity contribution >= 4 is 10.9 Å². The fourth-order valence-corrected chi connectivity index (χ4v) is 1.56. The number of hydrogen-bond acceptors (Lipinski definition) is 3. The Bertz CT molecular complexity index is 607. The summed E-state index contributed by atoms with van der Waals surface area (Å²) in [7, 11) is 0. The molecule has 1 aromatic heterocycles. The van der Waals surface area contributed by atoms with Crippen LogP contribution >= 0.6 is 0 Å². The molecule has 0 spiro atoms. The van der Waals surface area contributed by atoms with Gasteiger partial charge in [0.25, 0.3) is 0 Å². The average Bonchev–Trinajstić information content (AvgIpc) is 2.07. The van der Waals surface area contributed by atoms with Gasteiger partial charge in [0.05, 0.1) is 10.9 Å². The number of benzene rings is 1. The minimum atomic E-state index is -0.713. The third-order valence-electron chi connectivity index (χ3n) is 2.11. The van der Waals surface area contributed by atoms with Gasteiger partial charge in [-0.1, -0.05) is 6.07 Å². The Balaban J connectivity index is 3.10. The zero-order valence-electron chi connectivity index (χ0n) is 7.88. The van der Waals surface area contributed by atoms with Gasteiger partial charge in [-0.25, -0.2) is 9.59 Å². The molecule has 0 amide bonds. The van der Waals surface area contributed by atoms with Crippen molar-refractivity contribution in [2.75, 3.05) is 0 Å². The van der Waals surface area contributed by atoms with Crippen LogP contribution in [-0.4, -0.2) is 4.98 Å². The molecule has 1 heterocycles. The second-order valence-corrected chi connectivity index (χ2v) is 3.31. The van der Waals surface area contributed by atoms with Crippen molar-refractivity contribution in [2.24, 2.45) is 0 Å². The number of nitrogens with one attached hydrogen (secondary N) is 1. The van der Waals surface area contributed by atoms with Crippen LogP contribution in [0.4, 0.5) is 0 Å². The molecule has 72 valence electrons. The molecule has 4 heteroatoms. The molecule has 2 aromatic rings. The largest absolute Gasteiger partial charge is 0.419 e. The number of fused-ring (bicyclic) bond motifs is 1. The van der Waals surface area contributed by atoms with Crippen LogP contribution < -0.4 is 11.4 Å². The quantitative estimate of drug-likeness (QED) is 0.678. The molecular formula is C10H9NO3. The Hall–Kier alpha value is -1.84. The van der Waals surface area contributed by atoms with E-state index in [2.05, 4.69) is 9.40 Å². The molecule has 0 fully saturated rings. The summed E-state index contributed by atoms with van der Waals surface area (Å²) in [6, 6.07) is 3.60. The second kappa shape index (κ2) is 2.83. The van der Waals surface area contributed by atoms with Crippen LogP contribution in [0.15, 0.2) is 26.1 Å². The number of aromatic amines is 1. The highest BCUT2D eigenvalue weighted by molar-refractivity contribution is 5.80. The first-order valence-electron chi connectivity index (χ1n) is 4.22. The molecule has 0 radical (unpaired) electrons. The van der Waals surface area contributed by atoms with E-state index in [0.717, 1.165) is 11.1 Å². The third-order valence-corrected chi connectivity index (χ3v) is 2.11. The number of aryl methyl sites for hydroxylation is 2. The Morgan fingerprint density at radius 1 is 1.21 bits per heavy atom. The Morgan fingerprint density at radius 2 is 1.93 bits per heavy atom. The molecule has 0 atom stereocenters. The lowest BCUT2D eigenvalue weighted by Crippen LogP contribution is -2.15. The van der Waals surface area contributed by atoms with Gasteiger partial charge in [0.15, 0.2) is 0 Å². The predicted octanol–water partition coefficient (Wildman–Crippen LogP) is 1.10. The van der Waals surface area contributed by atoms with Crippen molar-refractivity contribution in [2.45, 2.75) is 13.8 Å². The molecule has 0 saturated carbocycles. The van der Waals surface area contributed by atoms with E-state index in [0.29, 0.717) is 10.9 Å². The summed E-state index contributed by atoms with van der Waals surface area (Å²) >= 11 is 0. The first-order valence-corrected chi connectivity index (χ1v) is 4.22. The van der Waals surface area contributed by atoms with Gasteiger partial charge in [0.1, 0.15) is 0 Å². The molecule has 4 nitrogen and oxygen atoms in total. The maximum absolute atomic E-state index is 11.3. The van der Waals surface area contributed by atoms with Crippen LogP contribution in [0.25, 0.3) is 10.9 Å². The summed E-state index contributed by atoms with van der Waals surface area (Å²) in [5, 5.41) is 0.419. The lowest BCUT2D eigenvalue weighted by atomic mass is 10.1. The lowest BCUT2D eigenvalue weighted by Gasteiger charge is -2.01. The molecule has 14 heavy (non-hydrogen) atoms. The highest BCUT2D eigenvalue weighted by Gasteiger charge is 2.05. The summed E-state index contributed by atoms with van der Waals surface area (Å²) in [4.78, 5) is 24.7. The van der Waals surface area contributed by atoms with E-state index in [-0.39, 0.29) is 0 Å². The van der Waals surface area contributed by atoms with Crippen LogP contribution in [0.2, 0.25) is 0 Å². The van der Waals surface area contributed by atoms with Crippen LogP contribution in [0.3, 0.4) is 0 Å². The number of H-pyrrole nitrogens is 1. The second-order valence-electron chi connectivity index (χ2n) is 3.31. The van der Waals surface area contributed by atoms with Crippen molar-refractivity contribution in [3.63, 3.8) is 0 Å². The van der Waals surface area contributed by atoms with Crippen molar-refractivity contribution in [3.8, 4) is 0 Å². The van der Waals surface area contributed by atoms with Crippen LogP contribution in [-0.2, 0) is 0 Å². The molecule has 2 rings (SSSR count). The van der Waals surface area contributed by atoms with E-state index >= 15 is 0 Å². The van der Waals surface area contributed by atoms with E-state index in [4.69, 9.17) is 0 Å². The minimum Gasteiger partial charge on any atom is -0.372 e. The molecule has 0 unspecified atom stereocenters. The first kappa shape index (κ1) is 8.74. The van der Waals surface area contributed by atoms with E-state index in [9.17, 15) is 9.59 Å². The number of aromatic nitrogens is 1. The Morgan fingerprint density at radius 3 is 2.64 bits per heavy atom. The molecule has 0 aliphatic heterocycles. The normalized spacial score (nSPS) is 10.7. The zero-order chi connectivity index (χ0) is 10.3. The third kappa shape index (κ3) is 1.25. The fourth-order valence-electron chi connectivity index (χ4n) is 1.56. The topological polar surface area (TPSA) is 63.1 Å². The van der Waals surface area contributed by atoms with Gasteiger partial charge in [-0.15, -0.1) is 0 Å². The van der Waals surface area contributed by atoms with Gasteiger partial charge in [-0.05, 0) is 31.0 Å². The van der Waals surface area contributed by atoms with Crippen molar-refractivity contribution in [1.29, 1.82) is 0 Å². The highest BCUT2D eigenvalue weighted by Crippen LogP contribution is 2.13. The first-order chi connectivity index (χ1) is 6.58. The standard InChI is InChI=1S/C10H9NO3/c1-5-3-6(2)8-7(4-5)9(12)14-10(13)11-8/h3-4H,1-2H3,(H,11,13). The molecule has 0 aliphatic rings. The van der Waals surface area contributed by atoms with E-state index in [1.54, 1.807) is 6.07 Å². The number of rotatable bonds is 0. The summed E-state index contributed by atoms with van der Waals surface area (Å²) in [5.74, 6) is -0.713. The summed E-state index contributed by atoms with van der Waals surface area (Å²) in [5.41, 5.74) is 1.80. The lowest BCUT2D eigenvalue weighted by molar-refractivity contribution is 0.460. The smallest absolute Gasteiger partial charge is 0.372 e. The van der Waals surface area contributed by atoms with Gasteiger partial charge < -0.3 is 4.42 Å². The van der Waals surface area contributed by atoms with Crippen molar-refractivity contribution in [1.82, 2.24) is 4.98 Å². The maximum Gasteiger partial charge on any atom is 0.419 e. The molecule has 0 bridgehead atoms. The SMILES string of the molecule is Cc1cc(C)c2[nH]c(=O)oc(=O)c2c1. The molecule has 0 aliphatic carbocycles. The van der Waals surface area contributed by atoms with Crippen LogP contribution in [0.1, 0.15) is 11.1 Å². The molecule has 1 aromatic carbocycles. The number of hydrogen-bond donors (Lipinski definition) is 1. The van der Waals surface area contributed by atoms with E-state index < -0.39 is 11.4 Å². The zero-order valence-corrected chi connectivity index (χ0v) is 7.88. The molecule has 0 saturated heterocycles. The fraction of sp³-hybridized carbons (Fsp3) is 0.200. The Labute approximate surface area is 79.2 Å². The van der Waals surface area contributed by atoms with E-state index in [1.807, 2.05) is 19.9 Å². The van der Waals surface area contributed by atoms with Crippen LogP contribution in [0.5, 0.6) is 0 Å².